The van der Waals surface area contributed by atoms with E-state index in [2.05, 4.69) is 23.8 Å². The second-order valence-electron chi connectivity index (χ2n) is 3.64. The predicted molar refractivity (Wildman–Crippen MR) is 55.6 cm³/mol. The fourth-order valence-electron chi connectivity index (χ4n) is 1.39. The van der Waals surface area contributed by atoms with Gasteiger partial charge in [0.1, 0.15) is 5.60 Å². The highest BCUT2D eigenvalue weighted by molar-refractivity contribution is 5.22. The summed E-state index contributed by atoms with van der Waals surface area (Å²) in [5.74, 6) is 5.65. The number of rotatable bonds is 1. The molecule has 1 saturated heterocycles. The van der Waals surface area contributed by atoms with Crippen LogP contribution in [0.4, 0.5) is 0 Å². The molecule has 0 aliphatic carbocycles. The molecule has 0 saturated carbocycles. The fourth-order valence-corrected chi connectivity index (χ4v) is 1.39. The van der Waals surface area contributed by atoms with Crippen molar-refractivity contribution in [3.05, 3.63) is 12.3 Å². The van der Waals surface area contributed by atoms with E-state index in [9.17, 15) is 5.11 Å². The Bertz CT molecular complexity index is 254. The Balaban J connectivity index is 2.48. The average molecular weight is 195 g/mol. The van der Waals surface area contributed by atoms with E-state index in [1.165, 1.54) is 6.26 Å². The number of allylic oxidation sites excluding steroid dienone is 1. The summed E-state index contributed by atoms with van der Waals surface area (Å²) in [4.78, 5) is 2.20. The summed E-state index contributed by atoms with van der Waals surface area (Å²) < 4.78 is 4.71. The van der Waals surface area contributed by atoms with E-state index in [0.29, 0.717) is 0 Å². The molecule has 1 heterocycles. The summed E-state index contributed by atoms with van der Waals surface area (Å²) in [5, 5.41) is 10.0. The van der Waals surface area contributed by atoms with Gasteiger partial charge >= 0.3 is 0 Å². The molecule has 0 atom stereocenters. The summed E-state index contributed by atoms with van der Waals surface area (Å²) in [6.07, 6.45) is 4.55. The molecule has 3 heteroatoms. The van der Waals surface area contributed by atoms with Crippen LogP contribution in [0.2, 0.25) is 0 Å². The van der Waals surface area contributed by atoms with Crippen LogP contribution in [0.3, 0.4) is 0 Å². The number of hydrogen-bond donors (Lipinski definition) is 1. The van der Waals surface area contributed by atoms with Crippen LogP contribution in [0.25, 0.3) is 0 Å². The maximum atomic E-state index is 10.0. The second kappa shape index (κ2) is 5.04. The Morgan fingerprint density at radius 2 is 2.07 bits per heavy atom. The Morgan fingerprint density at radius 1 is 1.43 bits per heavy atom. The summed E-state index contributed by atoms with van der Waals surface area (Å²) >= 11 is 0. The first kappa shape index (κ1) is 11.1. The highest BCUT2D eigenvalue weighted by Crippen LogP contribution is 2.19. The summed E-state index contributed by atoms with van der Waals surface area (Å²) in [6, 6.07) is 0. The second-order valence-corrected chi connectivity index (χ2v) is 3.64. The molecule has 3 nitrogen and oxygen atoms in total. The van der Waals surface area contributed by atoms with Crippen LogP contribution in [-0.4, -0.2) is 42.9 Å². The maximum absolute atomic E-state index is 10.0. The molecule has 0 radical (unpaired) electrons. The van der Waals surface area contributed by atoms with E-state index in [-0.39, 0.29) is 0 Å². The Hall–Kier alpha value is -0.980. The summed E-state index contributed by atoms with van der Waals surface area (Å²) in [6.45, 7) is 1.80. The molecule has 0 aromatic heterocycles. The lowest BCUT2D eigenvalue weighted by Gasteiger charge is -2.32. The van der Waals surface area contributed by atoms with Gasteiger partial charge in [0, 0.05) is 32.0 Å². The lowest BCUT2D eigenvalue weighted by atomic mass is 9.92. The van der Waals surface area contributed by atoms with Crippen LogP contribution >= 0.6 is 0 Å². The number of aliphatic hydroxyl groups is 1. The van der Waals surface area contributed by atoms with Crippen molar-refractivity contribution in [1.29, 1.82) is 0 Å². The van der Waals surface area contributed by atoms with E-state index >= 15 is 0 Å². The van der Waals surface area contributed by atoms with Gasteiger partial charge < -0.3 is 14.7 Å². The number of nitrogens with zero attached hydrogens (tertiary/aromatic N) is 1. The van der Waals surface area contributed by atoms with Crippen molar-refractivity contribution in [2.75, 3.05) is 27.2 Å². The van der Waals surface area contributed by atoms with Gasteiger partial charge in [-0.15, -0.1) is 0 Å². The van der Waals surface area contributed by atoms with Crippen LogP contribution in [0.5, 0.6) is 0 Å². The van der Waals surface area contributed by atoms with E-state index < -0.39 is 5.60 Å². The highest BCUT2D eigenvalue weighted by atomic mass is 16.5. The SMILES string of the molecule is COC=CC#CC1(O)CCN(C)CC1. The largest absolute Gasteiger partial charge is 0.504 e. The normalized spacial score (nSPS) is 21.6. The monoisotopic (exact) mass is 195 g/mol. The molecule has 1 aliphatic heterocycles. The summed E-state index contributed by atoms with van der Waals surface area (Å²) in [5.41, 5.74) is -0.801. The van der Waals surface area contributed by atoms with Crippen molar-refractivity contribution in [1.82, 2.24) is 4.90 Å². The van der Waals surface area contributed by atoms with Crippen molar-refractivity contribution in [3.63, 3.8) is 0 Å². The van der Waals surface area contributed by atoms with Gasteiger partial charge in [-0.1, -0.05) is 11.8 Å². The van der Waals surface area contributed by atoms with Crippen LogP contribution in [0.1, 0.15) is 12.8 Å². The zero-order chi connectivity index (χ0) is 10.4. The van der Waals surface area contributed by atoms with Gasteiger partial charge in [0.2, 0.25) is 0 Å². The zero-order valence-corrected chi connectivity index (χ0v) is 8.79. The fraction of sp³-hybridized carbons (Fsp3) is 0.636. The molecular formula is C11H17NO2. The quantitative estimate of drug-likeness (QED) is 0.491. The number of likely N-dealkylation sites (tertiary alicyclic amines) is 1. The first-order valence-corrected chi connectivity index (χ1v) is 4.78. The lowest BCUT2D eigenvalue weighted by molar-refractivity contribution is 0.0350. The van der Waals surface area contributed by atoms with E-state index in [4.69, 9.17) is 4.74 Å². The summed E-state index contributed by atoms with van der Waals surface area (Å²) in [7, 11) is 3.63. The van der Waals surface area contributed by atoms with Gasteiger partial charge in [0.25, 0.3) is 0 Å². The molecule has 0 spiro atoms. The predicted octanol–water partition coefficient (Wildman–Crippen LogP) is 0.607. The average Bonchev–Trinajstić information content (AvgIpc) is 2.18. The molecule has 1 rings (SSSR count). The minimum atomic E-state index is -0.801. The standard InChI is InChI=1S/C11H17NO2/c1-12-8-6-11(13,7-9-12)5-3-4-10-14-2/h4,10,13H,6-9H2,1-2H3. The van der Waals surface area contributed by atoms with Gasteiger partial charge in [0.15, 0.2) is 0 Å². The van der Waals surface area contributed by atoms with Crippen molar-refractivity contribution in [2.45, 2.75) is 18.4 Å². The van der Waals surface area contributed by atoms with Gasteiger partial charge in [-0.25, -0.2) is 0 Å². The van der Waals surface area contributed by atoms with Crippen molar-refractivity contribution in [3.8, 4) is 11.8 Å². The number of hydrogen-bond acceptors (Lipinski definition) is 3. The van der Waals surface area contributed by atoms with Crippen LogP contribution in [0.15, 0.2) is 12.3 Å². The highest BCUT2D eigenvalue weighted by Gasteiger charge is 2.28. The third-order valence-corrected chi connectivity index (χ3v) is 2.41. The topological polar surface area (TPSA) is 32.7 Å². The first-order valence-electron chi connectivity index (χ1n) is 4.78. The smallest absolute Gasteiger partial charge is 0.128 e. The Kier molecular flexibility index (Phi) is 3.99. The Labute approximate surface area is 85.4 Å². The third kappa shape index (κ3) is 3.41. The maximum Gasteiger partial charge on any atom is 0.128 e. The van der Waals surface area contributed by atoms with Crippen LogP contribution in [0, 0.1) is 11.8 Å². The molecule has 1 aliphatic rings. The van der Waals surface area contributed by atoms with Gasteiger partial charge in [-0.3, -0.25) is 0 Å². The van der Waals surface area contributed by atoms with Crippen LogP contribution < -0.4 is 0 Å². The Morgan fingerprint density at radius 3 is 2.64 bits per heavy atom. The minimum Gasteiger partial charge on any atom is -0.504 e. The molecule has 0 bridgehead atoms. The third-order valence-electron chi connectivity index (χ3n) is 2.41. The van der Waals surface area contributed by atoms with Gasteiger partial charge in [0.05, 0.1) is 13.4 Å². The van der Waals surface area contributed by atoms with Gasteiger partial charge in [-0.2, -0.15) is 0 Å². The molecule has 0 aromatic carbocycles. The first-order chi connectivity index (χ1) is 6.66. The number of piperidine rings is 1. The molecule has 78 valence electrons. The van der Waals surface area contributed by atoms with E-state index in [1.807, 2.05) is 0 Å². The molecule has 1 fully saturated rings. The molecule has 0 aromatic rings. The minimum absolute atomic E-state index is 0.720. The molecule has 1 N–H and O–H groups in total. The number of methoxy groups -OCH3 is 1. The van der Waals surface area contributed by atoms with Crippen molar-refractivity contribution >= 4 is 0 Å². The van der Waals surface area contributed by atoms with E-state index in [0.717, 1.165) is 25.9 Å². The van der Waals surface area contributed by atoms with Gasteiger partial charge in [-0.05, 0) is 7.05 Å². The zero-order valence-electron chi connectivity index (χ0n) is 8.79. The molecule has 14 heavy (non-hydrogen) atoms. The van der Waals surface area contributed by atoms with E-state index in [1.54, 1.807) is 13.2 Å². The molecule has 0 amide bonds. The lowest BCUT2D eigenvalue weighted by Crippen LogP contribution is -2.41. The van der Waals surface area contributed by atoms with Crippen molar-refractivity contribution in [2.24, 2.45) is 0 Å². The molecular weight excluding hydrogens is 178 g/mol. The van der Waals surface area contributed by atoms with Crippen LogP contribution in [-0.2, 0) is 4.74 Å². The number of ether oxygens (including phenoxy) is 1. The van der Waals surface area contributed by atoms with Crippen molar-refractivity contribution < 1.29 is 9.84 Å². The molecule has 0 unspecified atom stereocenters.